The van der Waals surface area contributed by atoms with Crippen LogP contribution in [-0.2, 0) is 14.4 Å². The number of allylic oxidation sites excluding steroid dienone is 1. The van der Waals surface area contributed by atoms with Crippen LogP contribution < -0.4 is 0 Å². The first-order valence-electron chi connectivity index (χ1n) is 6.07. The zero-order chi connectivity index (χ0) is 13.8. The first-order valence-corrected chi connectivity index (χ1v) is 6.07. The van der Waals surface area contributed by atoms with Gasteiger partial charge in [-0.1, -0.05) is 36.4 Å². The lowest BCUT2D eigenvalue weighted by Gasteiger charge is -2.23. The van der Waals surface area contributed by atoms with Gasteiger partial charge >= 0.3 is 0 Å². The van der Waals surface area contributed by atoms with Crippen LogP contribution in [0.25, 0.3) is 6.08 Å². The molecule has 1 aliphatic rings. The Morgan fingerprint density at radius 1 is 1.21 bits per heavy atom. The molecule has 2 unspecified atom stereocenters. The molecule has 1 aliphatic carbocycles. The summed E-state index contributed by atoms with van der Waals surface area (Å²) in [5, 5.41) is 9.68. The molecule has 4 nitrogen and oxygen atoms in total. The number of hydrogen-bond donors (Lipinski definition) is 1. The van der Waals surface area contributed by atoms with Crippen molar-refractivity contribution in [1.29, 1.82) is 0 Å². The van der Waals surface area contributed by atoms with Gasteiger partial charge in [-0.25, -0.2) is 0 Å². The zero-order valence-electron chi connectivity index (χ0n) is 10.3. The van der Waals surface area contributed by atoms with Crippen LogP contribution in [-0.4, -0.2) is 28.6 Å². The molecule has 1 aromatic rings. The van der Waals surface area contributed by atoms with E-state index in [-0.39, 0.29) is 18.6 Å². The van der Waals surface area contributed by atoms with Gasteiger partial charge in [0.1, 0.15) is 11.7 Å². The number of ketones is 3. The Morgan fingerprint density at radius 2 is 1.89 bits per heavy atom. The normalized spacial score (nSPS) is 23.8. The van der Waals surface area contributed by atoms with Gasteiger partial charge in [-0.15, -0.1) is 0 Å². The summed E-state index contributed by atoms with van der Waals surface area (Å²) in [6.45, 7) is 0. The Bertz CT molecular complexity index is 530. The van der Waals surface area contributed by atoms with Gasteiger partial charge in [0.25, 0.3) is 0 Å². The van der Waals surface area contributed by atoms with Crippen LogP contribution in [0.1, 0.15) is 18.4 Å². The van der Waals surface area contributed by atoms with Crippen molar-refractivity contribution < 1.29 is 19.5 Å². The summed E-state index contributed by atoms with van der Waals surface area (Å²) >= 11 is 0. The van der Waals surface area contributed by atoms with E-state index in [1.54, 1.807) is 6.08 Å². The predicted octanol–water partition coefficient (Wildman–Crippen LogP) is 1.18. The quantitative estimate of drug-likeness (QED) is 0.652. The third kappa shape index (κ3) is 3.23. The Hall–Kier alpha value is -2.07. The lowest BCUT2D eigenvalue weighted by Crippen LogP contribution is -2.41. The molecule has 0 heterocycles. The van der Waals surface area contributed by atoms with Gasteiger partial charge in [0, 0.05) is 6.42 Å². The minimum Gasteiger partial charge on any atom is -0.391 e. The second-order valence-corrected chi connectivity index (χ2v) is 4.58. The standard InChI is InChI=1S/C15H14O4/c16-11-8-13(18)15(14(19)9-11)12(17)7-6-10-4-2-1-3-5-10/h1-7,13,15,18H,8-9H2. The molecule has 19 heavy (non-hydrogen) atoms. The van der Waals surface area contributed by atoms with E-state index in [1.165, 1.54) is 6.08 Å². The van der Waals surface area contributed by atoms with Crippen LogP contribution in [0.2, 0.25) is 0 Å². The van der Waals surface area contributed by atoms with Crippen molar-refractivity contribution in [3.63, 3.8) is 0 Å². The predicted molar refractivity (Wildman–Crippen MR) is 69.2 cm³/mol. The highest BCUT2D eigenvalue weighted by Gasteiger charge is 2.38. The molecular formula is C15H14O4. The lowest BCUT2D eigenvalue weighted by molar-refractivity contribution is -0.142. The lowest BCUT2D eigenvalue weighted by atomic mass is 9.81. The second kappa shape index (κ2) is 5.71. The van der Waals surface area contributed by atoms with Crippen LogP contribution in [0.4, 0.5) is 0 Å². The molecule has 0 saturated heterocycles. The Morgan fingerprint density at radius 3 is 2.53 bits per heavy atom. The number of benzene rings is 1. The molecule has 0 amide bonds. The minimum atomic E-state index is -1.19. The molecule has 1 fully saturated rings. The van der Waals surface area contributed by atoms with Crippen molar-refractivity contribution in [1.82, 2.24) is 0 Å². The molecule has 0 aliphatic heterocycles. The third-order valence-corrected chi connectivity index (χ3v) is 3.09. The Labute approximate surface area is 110 Å². The number of hydrogen-bond acceptors (Lipinski definition) is 4. The molecule has 1 saturated carbocycles. The van der Waals surface area contributed by atoms with Gasteiger partial charge in [0.05, 0.1) is 12.5 Å². The topological polar surface area (TPSA) is 71.4 Å². The monoisotopic (exact) mass is 258 g/mol. The molecule has 0 aromatic heterocycles. The van der Waals surface area contributed by atoms with E-state index in [0.717, 1.165) is 5.56 Å². The Kier molecular flexibility index (Phi) is 4.02. The van der Waals surface area contributed by atoms with Crippen LogP contribution in [0.3, 0.4) is 0 Å². The second-order valence-electron chi connectivity index (χ2n) is 4.58. The maximum absolute atomic E-state index is 11.9. The molecule has 98 valence electrons. The summed E-state index contributed by atoms with van der Waals surface area (Å²) in [7, 11) is 0. The van der Waals surface area contributed by atoms with E-state index in [4.69, 9.17) is 0 Å². The third-order valence-electron chi connectivity index (χ3n) is 3.09. The fraction of sp³-hybridized carbons (Fsp3) is 0.267. The zero-order valence-corrected chi connectivity index (χ0v) is 10.3. The average Bonchev–Trinajstić information content (AvgIpc) is 2.36. The van der Waals surface area contributed by atoms with E-state index in [1.807, 2.05) is 30.3 Å². The van der Waals surface area contributed by atoms with E-state index in [9.17, 15) is 19.5 Å². The van der Waals surface area contributed by atoms with Gasteiger partial charge in [0.2, 0.25) is 0 Å². The van der Waals surface area contributed by atoms with Gasteiger partial charge in [-0.05, 0) is 11.6 Å². The van der Waals surface area contributed by atoms with Crippen molar-refractivity contribution in [2.45, 2.75) is 18.9 Å². The van der Waals surface area contributed by atoms with Crippen LogP contribution >= 0.6 is 0 Å². The maximum atomic E-state index is 11.9. The molecule has 0 spiro atoms. The number of carbonyl (C=O) groups is 3. The smallest absolute Gasteiger partial charge is 0.168 e. The summed E-state index contributed by atoms with van der Waals surface area (Å²) in [4.78, 5) is 34.7. The van der Waals surface area contributed by atoms with Crippen molar-refractivity contribution in [3.8, 4) is 0 Å². The molecule has 1 N–H and O–H groups in total. The van der Waals surface area contributed by atoms with E-state index >= 15 is 0 Å². The molecule has 2 rings (SSSR count). The SMILES string of the molecule is O=C1CC(=O)C(C(=O)C=Cc2ccccc2)C(O)C1. The average molecular weight is 258 g/mol. The minimum absolute atomic E-state index is 0.124. The Balaban J connectivity index is 2.09. The van der Waals surface area contributed by atoms with Gasteiger partial charge in [-0.3, -0.25) is 14.4 Å². The number of Topliss-reactive ketones (excluding diaryl/α,β-unsaturated/α-hetero) is 2. The first-order chi connectivity index (χ1) is 9.08. The highest BCUT2D eigenvalue weighted by molar-refractivity contribution is 6.16. The van der Waals surface area contributed by atoms with Gasteiger partial charge < -0.3 is 5.11 Å². The largest absolute Gasteiger partial charge is 0.391 e. The fourth-order valence-corrected chi connectivity index (χ4v) is 2.14. The van der Waals surface area contributed by atoms with Crippen molar-refractivity contribution in [2.24, 2.45) is 5.92 Å². The van der Waals surface area contributed by atoms with E-state index < -0.39 is 23.6 Å². The number of rotatable bonds is 3. The van der Waals surface area contributed by atoms with Gasteiger partial charge in [-0.2, -0.15) is 0 Å². The molecular weight excluding hydrogens is 244 g/mol. The van der Waals surface area contributed by atoms with Crippen molar-refractivity contribution in [3.05, 3.63) is 42.0 Å². The summed E-state index contributed by atoms with van der Waals surface area (Å²) in [6.07, 6.45) is 1.31. The summed E-state index contributed by atoms with van der Waals surface area (Å²) in [6, 6.07) is 9.19. The molecule has 4 heteroatoms. The maximum Gasteiger partial charge on any atom is 0.168 e. The van der Waals surface area contributed by atoms with Crippen molar-refractivity contribution >= 4 is 23.4 Å². The van der Waals surface area contributed by atoms with Gasteiger partial charge in [0.15, 0.2) is 11.6 Å². The molecule has 1 aromatic carbocycles. The van der Waals surface area contributed by atoms with Crippen LogP contribution in [0, 0.1) is 5.92 Å². The molecule has 0 radical (unpaired) electrons. The van der Waals surface area contributed by atoms with E-state index in [2.05, 4.69) is 0 Å². The number of aliphatic hydroxyl groups excluding tert-OH is 1. The molecule has 2 atom stereocenters. The van der Waals surface area contributed by atoms with Crippen molar-refractivity contribution in [2.75, 3.05) is 0 Å². The first kappa shape index (κ1) is 13.4. The summed E-state index contributed by atoms with van der Waals surface area (Å²) < 4.78 is 0. The number of aliphatic hydroxyl groups is 1. The molecule has 0 bridgehead atoms. The van der Waals surface area contributed by atoms with Crippen LogP contribution in [0.5, 0.6) is 0 Å². The number of carbonyl (C=O) groups excluding carboxylic acids is 3. The summed E-state index contributed by atoms with van der Waals surface area (Å²) in [5.74, 6) is -2.36. The fourth-order valence-electron chi connectivity index (χ4n) is 2.14. The highest BCUT2D eigenvalue weighted by atomic mass is 16.3. The van der Waals surface area contributed by atoms with Crippen LogP contribution in [0.15, 0.2) is 36.4 Å². The van der Waals surface area contributed by atoms with E-state index in [0.29, 0.717) is 0 Å². The summed E-state index contributed by atoms with van der Waals surface area (Å²) in [5.41, 5.74) is 0.838. The highest BCUT2D eigenvalue weighted by Crippen LogP contribution is 2.21.